The predicted octanol–water partition coefficient (Wildman–Crippen LogP) is 0.0788. The summed E-state index contributed by atoms with van der Waals surface area (Å²) in [5.41, 5.74) is 2.29. The normalized spacial score (nSPS) is 30.0. The van der Waals surface area contributed by atoms with Gasteiger partial charge in [-0.3, -0.25) is 4.79 Å². The van der Waals surface area contributed by atoms with Crippen molar-refractivity contribution in [2.24, 2.45) is 5.92 Å². The fraction of sp³-hybridized carbons (Fsp3) is 0.650. The lowest BCUT2D eigenvalue weighted by molar-refractivity contribution is -0.236. The Labute approximate surface area is 160 Å². The van der Waals surface area contributed by atoms with Gasteiger partial charge in [0.1, 0.15) is 24.4 Å². The Morgan fingerprint density at radius 3 is 2.22 bits per heavy atom. The Kier molecular flexibility index (Phi) is 6.99. The van der Waals surface area contributed by atoms with Crippen LogP contribution in [-0.4, -0.2) is 63.6 Å². The van der Waals surface area contributed by atoms with Crippen molar-refractivity contribution >= 4 is 5.91 Å². The number of ether oxygens (including phenoxy) is 1. The number of nitrogens with one attached hydrogen (secondary N) is 1. The molecular weight excluding hydrogens is 350 g/mol. The lowest BCUT2D eigenvalue weighted by Gasteiger charge is -2.40. The first kappa shape index (κ1) is 21.8. The standard InChI is InChI=1S/C20H31NO6/c1-11(9-12-5-7-13(8-6-12)20(2,3)4)18(26)21-19-17(25)16(24)15(23)14(10-22)27-19/h5-8,11,14-17,19,22-25H,9-10H2,1-4H3,(H,21,26)/t11-,14+,15+,16-,17+,19+/m0/s1. The predicted molar refractivity (Wildman–Crippen MR) is 99.9 cm³/mol. The molecule has 1 aliphatic heterocycles. The summed E-state index contributed by atoms with van der Waals surface area (Å²) in [6.45, 7) is 7.64. The monoisotopic (exact) mass is 381 g/mol. The molecular formula is C20H31NO6. The Morgan fingerprint density at radius 2 is 1.70 bits per heavy atom. The van der Waals surface area contributed by atoms with Crippen molar-refractivity contribution < 1.29 is 30.0 Å². The van der Waals surface area contributed by atoms with Crippen LogP contribution < -0.4 is 5.32 Å². The summed E-state index contributed by atoms with van der Waals surface area (Å²) in [7, 11) is 0. The van der Waals surface area contributed by atoms with Crippen molar-refractivity contribution in [1.29, 1.82) is 0 Å². The zero-order chi connectivity index (χ0) is 20.4. The summed E-state index contributed by atoms with van der Waals surface area (Å²) >= 11 is 0. The maximum Gasteiger partial charge on any atom is 0.225 e. The summed E-state index contributed by atoms with van der Waals surface area (Å²) in [6.07, 6.45) is -6.18. The number of benzene rings is 1. The van der Waals surface area contributed by atoms with Crippen LogP contribution in [0.1, 0.15) is 38.8 Å². The smallest absolute Gasteiger partial charge is 0.225 e. The second-order valence-electron chi connectivity index (χ2n) is 8.31. The van der Waals surface area contributed by atoms with Gasteiger partial charge in [-0.25, -0.2) is 0 Å². The van der Waals surface area contributed by atoms with E-state index in [-0.39, 0.29) is 11.3 Å². The van der Waals surface area contributed by atoms with E-state index in [1.54, 1.807) is 6.92 Å². The van der Waals surface area contributed by atoms with Crippen LogP contribution in [0.15, 0.2) is 24.3 Å². The largest absolute Gasteiger partial charge is 0.394 e. The van der Waals surface area contributed by atoms with Gasteiger partial charge >= 0.3 is 0 Å². The molecule has 0 saturated carbocycles. The van der Waals surface area contributed by atoms with Crippen LogP contribution in [0.25, 0.3) is 0 Å². The number of amides is 1. The van der Waals surface area contributed by atoms with Crippen molar-refractivity contribution in [2.45, 2.75) is 70.2 Å². The van der Waals surface area contributed by atoms with Gasteiger partial charge in [0.05, 0.1) is 6.61 Å². The van der Waals surface area contributed by atoms with E-state index in [0.29, 0.717) is 6.42 Å². The summed E-state index contributed by atoms with van der Waals surface area (Å²) in [4.78, 5) is 12.5. The third-order valence-electron chi connectivity index (χ3n) is 4.99. The average molecular weight is 381 g/mol. The minimum Gasteiger partial charge on any atom is -0.394 e. The Balaban J connectivity index is 1.97. The zero-order valence-electron chi connectivity index (χ0n) is 16.3. The van der Waals surface area contributed by atoms with Crippen molar-refractivity contribution in [2.75, 3.05) is 6.61 Å². The Hall–Kier alpha value is -1.51. The van der Waals surface area contributed by atoms with E-state index in [9.17, 15) is 25.2 Å². The van der Waals surface area contributed by atoms with E-state index < -0.39 is 43.2 Å². The number of hydrogen-bond donors (Lipinski definition) is 5. The first-order chi connectivity index (χ1) is 12.5. The molecule has 7 heteroatoms. The SMILES string of the molecule is C[C@@H](Cc1ccc(C(C)(C)C)cc1)C(=O)N[C@@H]1O[C@H](CO)[C@@H](O)[C@H](O)[C@H]1O. The molecule has 2 rings (SSSR count). The molecule has 0 spiro atoms. The third kappa shape index (κ3) is 5.27. The number of rotatable bonds is 5. The van der Waals surface area contributed by atoms with Gasteiger partial charge in [0.25, 0.3) is 0 Å². The molecule has 1 heterocycles. The molecule has 0 bridgehead atoms. The van der Waals surface area contributed by atoms with Crippen LogP contribution in [0.4, 0.5) is 0 Å². The Bertz CT molecular complexity index is 624. The maximum absolute atomic E-state index is 12.5. The summed E-state index contributed by atoms with van der Waals surface area (Å²) in [5, 5.41) is 41.4. The van der Waals surface area contributed by atoms with Crippen molar-refractivity contribution in [3.63, 3.8) is 0 Å². The van der Waals surface area contributed by atoms with Crippen molar-refractivity contribution in [1.82, 2.24) is 5.32 Å². The molecule has 7 nitrogen and oxygen atoms in total. The van der Waals surface area contributed by atoms with Gasteiger partial charge < -0.3 is 30.5 Å². The molecule has 5 N–H and O–H groups in total. The zero-order valence-corrected chi connectivity index (χ0v) is 16.3. The number of aliphatic hydroxyl groups excluding tert-OH is 4. The van der Waals surface area contributed by atoms with E-state index >= 15 is 0 Å². The molecule has 0 aromatic heterocycles. The third-order valence-corrected chi connectivity index (χ3v) is 4.99. The highest BCUT2D eigenvalue weighted by molar-refractivity contribution is 5.78. The second kappa shape index (κ2) is 8.67. The molecule has 0 radical (unpaired) electrons. The fourth-order valence-electron chi connectivity index (χ4n) is 3.09. The fourth-order valence-corrected chi connectivity index (χ4v) is 3.09. The van der Waals surface area contributed by atoms with Gasteiger partial charge in [-0.05, 0) is 23.0 Å². The average Bonchev–Trinajstić information content (AvgIpc) is 2.61. The van der Waals surface area contributed by atoms with Gasteiger partial charge in [-0.1, -0.05) is 52.0 Å². The molecule has 27 heavy (non-hydrogen) atoms. The van der Waals surface area contributed by atoms with Crippen molar-refractivity contribution in [3.05, 3.63) is 35.4 Å². The van der Waals surface area contributed by atoms with E-state index in [1.165, 1.54) is 5.56 Å². The molecule has 1 fully saturated rings. The van der Waals surface area contributed by atoms with E-state index in [4.69, 9.17) is 4.74 Å². The van der Waals surface area contributed by atoms with Crippen LogP contribution >= 0.6 is 0 Å². The van der Waals surface area contributed by atoms with Crippen LogP contribution in [0.5, 0.6) is 0 Å². The molecule has 6 atom stereocenters. The van der Waals surface area contributed by atoms with Crippen LogP contribution in [0.2, 0.25) is 0 Å². The highest BCUT2D eigenvalue weighted by Crippen LogP contribution is 2.23. The first-order valence-corrected chi connectivity index (χ1v) is 9.25. The quantitative estimate of drug-likeness (QED) is 0.493. The summed E-state index contributed by atoms with van der Waals surface area (Å²) in [5.74, 6) is -0.739. The van der Waals surface area contributed by atoms with Crippen LogP contribution in [-0.2, 0) is 21.4 Å². The van der Waals surface area contributed by atoms with Gasteiger partial charge in [0.2, 0.25) is 5.91 Å². The molecule has 1 saturated heterocycles. The number of carbonyl (C=O) groups is 1. The van der Waals surface area contributed by atoms with Gasteiger partial charge in [0.15, 0.2) is 6.23 Å². The molecule has 1 aromatic rings. The molecule has 152 valence electrons. The van der Waals surface area contributed by atoms with Crippen LogP contribution in [0, 0.1) is 5.92 Å². The molecule has 0 unspecified atom stereocenters. The first-order valence-electron chi connectivity index (χ1n) is 9.25. The highest BCUT2D eigenvalue weighted by Gasteiger charge is 2.44. The molecule has 1 aliphatic rings. The van der Waals surface area contributed by atoms with Gasteiger partial charge in [-0.15, -0.1) is 0 Å². The van der Waals surface area contributed by atoms with Crippen molar-refractivity contribution in [3.8, 4) is 0 Å². The lowest BCUT2D eigenvalue weighted by atomic mass is 9.86. The van der Waals surface area contributed by atoms with Crippen LogP contribution in [0.3, 0.4) is 0 Å². The van der Waals surface area contributed by atoms with E-state index in [0.717, 1.165) is 5.56 Å². The van der Waals surface area contributed by atoms with Gasteiger partial charge in [0, 0.05) is 5.92 Å². The summed E-state index contributed by atoms with van der Waals surface area (Å²) < 4.78 is 5.31. The number of hydrogen-bond acceptors (Lipinski definition) is 6. The minimum atomic E-state index is -1.51. The Morgan fingerprint density at radius 1 is 1.11 bits per heavy atom. The number of carbonyl (C=O) groups excluding carboxylic acids is 1. The van der Waals surface area contributed by atoms with E-state index in [1.807, 2.05) is 12.1 Å². The lowest BCUT2D eigenvalue weighted by Crippen LogP contribution is -2.63. The van der Waals surface area contributed by atoms with E-state index in [2.05, 4.69) is 38.2 Å². The molecule has 0 aliphatic carbocycles. The molecule has 1 aromatic carbocycles. The molecule has 1 amide bonds. The topological polar surface area (TPSA) is 119 Å². The highest BCUT2D eigenvalue weighted by atomic mass is 16.6. The minimum absolute atomic E-state index is 0.0601. The maximum atomic E-state index is 12.5. The summed E-state index contributed by atoms with van der Waals surface area (Å²) in [6, 6.07) is 8.10. The van der Waals surface area contributed by atoms with Gasteiger partial charge in [-0.2, -0.15) is 0 Å². The second-order valence-corrected chi connectivity index (χ2v) is 8.31. The number of aliphatic hydroxyl groups is 4.